The van der Waals surface area contributed by atoms with Gasteiger partial charge in [-0.1, -0.05) is 20.8 Å². The Kier molecular flexibility index (Phi) is 7.26. The first-order valence-corrected chi connectivity index (χ1v) is 12.5. The van der Waals surface area contributed by atoms with E-state index in [1.54, 1.807) is 13.0 Å². The number of aryl methyl sites for hydroxylation is 1. The molecular weight excluding hydrogens is 418 g/mol. The number of nitrogens with one attached hydrogen (secondary N) is 2. The molecule has 0 saturated carbocycles. The van der Waals surface area contributed by atoms with Gasteiger partial charge in [-0.05, 0) is 50.2 Å². The molecule has 1 aromatic rings. The first-order chi connectivity index (χ1) is 14.6. The molecule has 2 N–H and O–H groups in total. The molecule has 172 valence electrons. The molecular formula is C22H33N3O5S. The van der Waals surface area contributed by atoms with E-state index in [1.165, 1.54) is 10.4 Å². The number of ether oxygens (including phenoxy) is 1. The van der Waals surface area contributed by atoms with Crippen LogP contribution in [0.25, 0.3) is 0 Å². The molecule has 0 aliphatic carbocycles. The van der Waals surface area contributed by atoms with Crippen LogP contribution in [-0.2, 0) is 19.6 Å². The number of fused-ring (bicyclic) bond motifs is 1. The number of benzene rings is 1. The Morgan fingerprint density at radius 3 is 2.77 bits per heavy atom. The van der Waals surface area contributed by atoms with Gasteiger partial charge in [-0.15, -0.1) is 0 Å². The van der Waals surface area contributed by atoms with Gasteiger partial charge < -0.3 is 15.4 Å². The highest BCUT2D eigenvalue weighted by molar-refractivity contribution is 7.89. The number of anilines is 1. The molecule has 1 saturated heterocycles. The Labute approximate surface area is 184 Å². The molecule has 0 aromatic heterocycles. The number of piperidine rings is 1. The third kappa shape index (κ3) is 5.20. The van der Waals surface area contributed by atoms with Crippen LogP contribution in [0.1, 0.15) is 52.0 Å². The fourth-order valence-electron chi connectivity index (χ4n) is 3.97. The molecule has 2 atom stereocenters. The Morgan fingerprint density at radius 2 is 2.10 bits per heavy atom. The van der Waals surface area contributed by atoms with Crippen LogP contribution in [-0.4, -0.2) is 50.3 Å². The largest absolute Gasteiger partial charge is 0.478 e. The van der Waals surface area contributed by atoms with Crippen molar-refractivity contribution >= 4 is 27.5 Å². The summed E-state index contributed by atoms with van der Waals surface area (Å²) in [6.45, 7) is 8.88. The Morgan fingerprint density at radius 1 is 1.35 bits per heavy atom. The fraction of sp³-hybridized carbons (Fsp3) is 0.636. The van der Waals surface area contributed by atoms with Gasteiger partial charge in [0.15, 0.2) is 6.10 Å². The van der Waals surface area contributed by atoms with Crippen molar-refractivity contribution in [1.82, 2.24) is 9.62 Å². The molecule has 31 heavy (non-hydrogen) atoms. The summed E-state index contributed by atoms with van der Waals surface area (Å²) in [5.41, 5.74) is 1.01. The number of sulfonamides is 1. The average Bonchev–Trinajstić information content (AvgIpc) is 2.72. The smallest absolute Gasteiger partial charge is 0.265 e. The normalized spacial score (nSPS) is 21.9. The van der Waals surface area contributed by atoms with E-state index in [-0.39, 0.29) is 29.2 Å². The summed E-state index contributed by atoms with van der Waals surface area (Å²) in [6, 6.07) is 3.13. The number of carbonyl (C=O) groups excluding carboxylic acids is 2. The number of rotatable bonds is 7. The lowest BCUT2D eigenvalue weighted by Gasteiger charge is -2.32. The minimum Gasteiger partial charge on any atom is -0.478 e. The molecule has 0 spiro atoms. The molecule has 3 rings (SSSR count). The second kappa shape index (κ2) is 9.56. The monoisotopic (exact) mass is 451 g/mol. The number of carbonyl (C=O) groups is 2. The van der Waals surface area contributed by atoms with Crippen LogP contribution in [0.3, 0.4) is 0 Å². The molecule has 2 aliphatic rings. The predicted octanol–water partition coefficient (Wildman–Crippen LogP) is 2.67. The second-order valence-electron chi connectivity index (χ2n) is 8.79. The van der Waals surface area contributed by atoms with Gasteiger partial charge in [-0.3, -0.25) is 9.59 Å². The highest BCUT2D eigenvalue weighted by atomic mass is 32.2. The first-order valence-electron chi connectivity index (χ1n) is 11.0. The summed E-state index contributed by atoms with van der Waals surface area (Å²) in [7, 11) is -3.80. The van der Waals surface area contributed by atoms with E-state index in [4.69, 9.17) is 4.74 Å². The van der Waals surface area contributed by atoms with E-state index >= 15 is 0 Å². The van der Waals surface area contributed by atoms with E-state index < -0.39 is 16.1 Å². The molecule has 2 heterocycles. The van der Waals surface area contributed by atoms with Gasteiger partial charge >= 0.3 is 0 Å². The lowest BCUT2D eigenvalue weighted by molar-refractivity contribution is -0.126. The molecule has 8 nitrogen and oxygen atoms in total. The van der Waals surface area contributed by atoms with E-state index in [0.717, 1.165) is 6.42 Å². The van der Waals surface area contributed by atoms with Crippen molar-refractivity contribution in [2.45, 2.75) is 64.4 Å². The van der Waals surface area contributed by atoms with Crippen molar-refractivity contribution in [3.63, 3.8) is 0 Å². The Bertz CT molecular complexity index is 945. The standard InChI is InChI=1S/C22H33N3O5S/c1-5-18-22(27)24-17-11-15(4)20(12-19(17)30-18)31(28,29)25-10-6-7-16(13-25)21(26)23-9-8-14(2)3/h11-12,14,16,18H,5-10,13H2,1-4H3,(H,23,26)(H,24,27)/t16-,18-/m0/s1. The predicted molar refractivity (Wildman–Crippen MR) is 118 cm³/mol. The summed E-state index contributed by atoms with van der Waals surface area (Å²) < 4.78 is 34.0. The van der Waals surface area contributed by atoms with Crippen LogP contribution in [0.4, 0.5) is 5.69 Å². The Hall–Kier alpha value is -2.13. The van der Waals surface area contributed by atoms with Gasteiger partial charge in [0, 0.05) is 25.7 Å². The van der Waals surface area contributed by atoms with E-state index in [0.29, 0.717) is 55.3 Å². The molecule has 9 heteroatoms. The van der Waals surface area contributed by atoms with Crippen LogP contribution < -0.4 is 15.4 Å². The minimum absolute atomic E-state index is 0.0838. The minimum atomic E-state index is -3.80. The third-order valence-corrected chi connectivity index (χ3v) is 7.87. The first kappa shape index (κ1) is 23.5. The molecule has 0 unspecified atom stereocenters. The van der Waals surface area contributed by atoms with Crippen LogP contribution in [0, 0.1) is 18.8 Å². The van der Waals surface area contributed by atoms with E-state index in [9.17, 15) is 18.0 Å². The number of hydrogen-bond acceptors (Lipinski definition) is 5. The van der Waals surface area contributed by atoms with Crippen LogP contribution >= 0.6 is 0 Å². The second-order valence-corrected chi connectivity index (χ2v) is 10.7. The summed E-state index contributed by atoms with van der Waals surface area (Å²) >= 11 is 0. The van der Waals surface area contributed by atoms with Gasteiger partial charge in [0.25, 0.3) is 5.91 Å². The number of nitrogens with zero attached hydrogens (tertiary/aromatic N) is 1. The van der Waals surface area contributed by atoms with Crippen LogP contribution in [0.2, 0.25) is 0 Å². The lowest BCUT2D eigenvalue weighted by Crippen LogP contribution is -2.45. The highest BCUT2D eigenvalue weighted by Gasteiger charge is 2.35. The van der Waals surface area contributed by atoms with Crippen molar-refractivity contribution in [1.29, 1.82) is 0 Å². The van der Waals surface area contributed by atoms with Crippen molar-refractivity contribution in [2.75, 3.05) is 25.0 Å². The van der Waals surface area contributed by atoms with Gasteiger partial charge in [0.2, 0.25) is 15.9 Å². The molecule has 1 aromatic carbocycles. The van der Waals surface area contributed by atoms with Crippen LogP contribution in [0.15, 0.2) is 17.0 Å². The third-order valence-electron chi connectivity index (χ3n) is 5.86. The summed E-state index contributed by atoms with van der Waals surface area (Å²) in [5, 5.41) is 5.73. The molecule has 2 amide bonds. The van der Waals surface area contributed by atoms with E-state index in [1.807, 2.05) is 6.92 Å². The van der Waals surface area contributed by atoms with Crippen molar-refractivity contribution in [3.8, 4) is 5.75 Å². The van der Waals surface area contributed by atoms with Crippen LogP contribution in [0.5, 0.6) is 5.75 Å². The lowest BCUT2D eigenvalue weighted by atomic mass is 9.98. The van der Waals surface area contributed by atoms with Gasteiger partial charge in [-0.25, -0.2) is 8.42 Å². The average molecular weight is 452 g/mol. The maximum atomic E-state index is 13.4. The zero-order valence-corrected chi connectivity index (χ0v) is 19.5. The van der Waals surface area contributed by atoms with E-state index in [2.05, 4.69) is 24.5 Å². The van der Waals surface area contributed by atoms with Crippen molar-refractivity contribution in [2.24, 2.45) is 11.8 Å². The molecule has 2 aliphatic heterocycles. The van der Waals surface area contributed by atoms with Crippen molar-refractivity contribution < 1.29 is 22.7 Å². The molecule has 0 radical (unpaired) electrons. The SMILES string of the molecule is CC[C@@H]1Oc2cc(S(=O)(=O)N3CCC[C@H](C(=O)NCCC(C)C)C3)c(C)cc2NC1=O. The summed E-state index contributed by atoms with van der Waals surface area (Å²) in [5.74, 6) is 0.186. The number of hydrogen-bond donors (Lipinski definition) is 2. The summed E-state index contributed by atoms with van der Waals surface area (Å²) in [4.78, 5) is 24.7. The van der Waals surface area contributed by atoms with Crippen molar-refractivity contribution in [3.05, 3.63) is 17.7 Å². The fourth-order valence-corrected chi connectivity index (χ4v) is 5.72. The summed E-state index contributed by atoms with van der Waals surface area (Å²) in [6.07, 6.45) is 2.05. The van der Waals surface area contributed by atoms with Gasteiger partial charge in [0.1, 0.15) is 5.75 Å². The zero-order chi connectivity index (χ0) is 22.8. The number of amides is 2. The van der Waals surface area contributed by atoms with Gasteiger partial charge in [-0.2, -0.15) is 4.31 Å². The quantitative estimate of drug-likeness (QED) is 0.663. The maximum absolute atomic E-state index is 13.4. The Balaban J connectivity index is 1.78. The zero-order valence-electron chi connectivity index (χ0n) is 18.7. The maximum Gasteiger partial charge on any atom is 0.265 e. The topological polar surface area (TPSA) is 105 Å². The van der Waals surface area contributed by atoms with Gasteiger partial charge in [0.05, 0.1) is 16.5 Å². The molecule has 0 bridgehead atoms. The highest BCUT2D eigenvalue weighted by Crippen LogP contribution is 2.36. The molecule has 1 fully saturated rings.